The van der Waals surface area contributed by atoms with Gasteiger partial charge in [-0.2, -0.15) is 0 Å². The fourth-order valence-electron chi connectivity index (χ4n) is 7.99. The number of cyclic esters (lactones) is 1. The minimum absolute atomic E-state index is 0.0787. The molecule has 2 fully saturated rings. The van der Waals surface area contributed by atoms with Crippen molar-refractivity contribution in [3.05, 3.63) is 89.5 Å². The summed E-state index contributed by atoms with van der Waals surface area (Å²) in [6.07, 6.45) is 7.53. The quantitative estimate of drug-likeness (QED) is 0.357. The van der Waals surface area contributed by atoms with Crippen LogP contribution in [0.15, 0.2) is 72.8 Å². The van der Waals surface area contributed by atoms with Crippen LogP contribution in [0.5, 0.6) is 0 Å². The second-order valence-electron chi connectivity index (χ2n) is 13.8. The lowest BCUT2D eigenvalue weighted by Gasteiger charge is -2.39. The Balaban J connectivity index is 1.48. The number of benzene rings is 2. The number of nitrogens with one attached hydrogen (secondary N) is 1. The number of aliphatic hydroxyl groups is 1. The molecular weight excluding hydrogens is 610 g/mol. The van der Waals surface area contributed by atoms with Crippen LogP contribution in [-0.4, -0.2) is 77.2 Å². The maximum atomic E-state index is 15.2. The largest absolute Gasteiger partial charge is 0.463 e. The van der Waals surface area contributed by atoms with E-state index in [0.717, 1.165) is 22.4 Å². The fourth-order valence-corrected chi connectivity index (χ4v) is 7.99. The zero-order valence-electron chi connectivity index (χ0n) is 28.0. The van der Waals surface area contributed by atoms with Crippen LogP contribution in [0.4, 0.5) is 5.69 Å². The zero-order chi connectivity index (χ0) is 34.2. The molecule has 4 heterocycles. The number of esters is 1. The number of nitrogens with zero attached hydrogens (tertiary/aromatic N) is 2. The van der Waals surface area contributed by atoms with Crippen molar-refractivity contribution in [1.82, 2.24) is 10.2 Å². The van der Waals surface area contributed by atoms with Crippen LogP contribution in [0.3, 0.4) is 0 Å². The Bertz CT molecular complexity index is 1600. The first kappa shape index (κ1) is 33.6. The summed E-state index contributed by atoms with van der Waals surface area (Å²) in [7, 11) is 0. The molecule has 6 rings (SSSR count). The summed E-state index contributed by atoms with van der Waals surface area (Å²) < 4.78 is 12.3. The predicted octanol–water partition coefficient (Wildman–Crippen LogP) is 3.94. The Morgan fingerprint density at radius 3 is 2.40 bits per heavy atom. The first-order valence-electron chi connectivity index (χ1n) is 16.9. The maximum Gasteiger partial charge on any atom is 0.306 e. The average molecular weight is 656 g/mol. The Morgan fingerprint density at radius 2 is 1.71 bits per heavy atom. The van der Waals surface area contributed by atoms with Crippen LogP contribution in [0.1, 0.15) is 55.8 Å². The summed E-state index contributed by atoms with van der Waals surface area (Å²) in [4.78, 5) is 60.2. The monoisotopic (exact) mass is 655 g/mol. The van der Waals surface area contributed by atoms with E-state index in [4.69, 9.17) is 9.47 Å². The average Bonchev–Trinajstić information content (AvgIpc) is 3.71. The molecule has 254 valence electrons. The predicted molar refractivity (Wildman–Crippen MR) is 180 cm³/mol. The minimum atomic E-state index is -1.41. The van der Waals surface area contributed by atoms with Gasteiger partial charge in [-0.3, -0.25) is 19.2 Å². The molecule has 0 aliphatic carbocycles. The van der Waals surface area contributed by atoms with E-state index in [1.54, 1.807) is 17.1 Å². The molecule has 4 aliphatic heterocycles. The van der Waals surface area contributed by atoms with E-state index < -0.39 is 53.5 Å². The van der Waals surface area contributed by atoms with Crippen LogP contribution in [0.25, 0.3) is 0 Å². The van der Waals surface area contributed by atoms with Crippen molar-refractivity contribution in [2.45, 2.75) is 76.8 Å². The molecule has 10 heteroatoms. The highest BCUT2D eigenvalue weighted by Crippen LogP contribution is 2.56. The van der Waals surface area contributed by atoms with E-state index >= 15 is 4.79 Å². The van der Waals surface area contributed by atoms with Gasteiger partial charge in [0.1, 0.15) is 18.2 Å². The number of aliphatic hydroxyl groups excluding tert-OH is 1. The Hall–Kier alpha value is -4.28. The van der Waals surface area contributed by atoms with Gasteiger partial charge in [0.25, 0.3) is 5.91 Å². The third-order valence-corrected chi connectivity index (χ3v) is 10.1. The van der Waals surface area contributed by atoms with Crippen molar-refractivity contribution in [2.24, 2.45) is 17.8 Å². The molecule has 48 heavy (non-hydrogen) atoms. The smallest absolute Gasteiger partial charge is 0.306 e. The number of carbonyl (C=O) groups excluding carboxylic acids is 4. The number of hydrogen-bond donors (Lipinski definition) is 2. The summed E-state index contributed by atoms with van der Waals surface area (Å²) in [6, 6.07) is 12.6. The summed E-state index contributed by atoms with van der Waals surface area (Å²) in [5.74, 6) is -3.39. The molecule has 7 atom stereocenters. The lowest BCUT2D eigenvalue weighted by Crippen LogP contribution is -2.59. The van der Waals surface area contributed by atoms with E-state index in [1.807, 2.05) is 88.4 Å². The summed E-state index contributed by atoms with van der Waals surface area (Å²) in [6.45, 7) is 7.65. The SMILES string of the molecule is Cc1cccc(C)c1N1C/C=C\CCC(=O)OC[C@H](c2ccccc2)NC(=O)[C@@H]2[C@H]3C(=O)N([C@@H](CO)CC(C)C)[C@H](C1=O)[C@]31C=C[C@H]2O1. The topological polar surface area (TPSA) is 125 Å². The number of ether oxygens (including phenoxy) is 2. The number of amides is 3. The Labute approximate surface area is 281 Å². The molecule has 1 spiro atoms. The zero-order valence-corrected chi connectivity index (χ0v) is 28.0. The molecule has 2 aromatic carbocycles. The number of carbonyl (C=O) groups is 4. The van der Waals surface area contributed by atoms with Crippen molar-refractivity contribution in [3.8, 4) is 0 Å². The lowest BCUT2D eigenvalue weighted by atomic mass is 9.74. The summed E-state index contributed by atoms with van der Waals surface area (Å²) >= 11 is 0. The van der Waals surface area contributed by atoms with E-state index in [9.17, 15) is 19.5 Å². The second kappa shape index (κ2) is 13.7. The number of fused-ring (bicyclic) bond motifs is 2. The molecule has 2 N–H and O–H groups in total. The third kappa shape index (κ3) is 5.96. The first-order valence-corrected chi connectivity index (χ1v) is 16.9. The number of aryl methyl sites for hydroxylation is 2. The van der Waals surface area contributed by atoms with Crippen molar-refractivity contribution in [1.29, 1.82) is 0 Å². The maximum absolute atomic E-state index is 15.2. The fraction of sp³-hybridized carbons (Fsp3) is 0.474. The van der Waals surface area contributed by atoms with Gasteiger partial charge in [-0.15, -0.1) is 0 Å². The van der Waals surface area contributed by atoms with Gasteiger partial charge in [0, 0.05) is 18.7 Å². The van der Waals surface area contributed by atoms with E-state index in [-0.39, 0.29) is 43.9 Å². The molecule has 10 nitrogen and oxygen atoms in total. The molecule has 0 unspecified atom stereocenters. The van der Waals surface area contributed by atoms with Crippen molar-refractivity contribution < 1.29 is 33.8 Å². The molecule has 3 amide bonds. The van der Waals surface area contributed by atoms with Crippen LogP contribution in [0.2, 0.25) is 0 Å². The number of allylic oxidation sites excluding steroid dienone is 1. The molecule has 5 bridgehead atoms. The number of hydrogen-bond acceptors (Lipinski definition) is 7. The third-order valence-electron chi connectivity index (χ3n) is 10.1. The van der Waals surface area contributed by atoms with Gasteiger partial charge in [0.2, 0.25) is 11.8 Å². The Morgan fingerprint density at radius 1 is 0.979 bits per heavy atom. The number of likely N-dealkylation sites (tertiary alicyclic amines) is 1. The van der Waals surface area contributed by atoms with Gasteiger partial charge in [-0.25, -0.2) is 0 Å². The molecule has 0 radical (unpaired) electrons. The second-order valence-corrected chi connectivity index (χ2v) is 13.8. The van der Waals surface area contributed by atoms with Crippen molar-refractivity contribution >= 4 is 29.4 Å². The standard InChI is InChI=1S/C38H45N3O7/c1-23(2)20-27(21-42)41-34-37(46)40(33-24(3)12-11-13-25(33)4)19-10-6-9-16-30(43)47-22-28(26-14-7-5-8-15-26)39-35(44)31-29-17-18-38(34,48-29)32(31)36(41)45/h5-8,10-15,17-18,23,27-29,31-32,34,42H,9,16,19-22H2,1-4H3,(H,39,44)/b10-6-/t27-,28-,29-,31+,32+,34-,38+/m1/s1. The van der Waals surface area contributed by atoms with Crippen LogP contribution in [0, 0.1) is 31.6 Å². The van der Waals surface area contributed by atoms with Crippen molar-refractivity contribution in [2.75, 3.05) is 24.7 Å². The molecular formula is C38H45N3O7. The summed E-state index contributed by atoms with van der Waals surface area (Å²) in [5.41, 5.74) is 1.83. The van der Waals surface area contributed by atoms with Gasteiger partial charge in [-0.1, -0.05) is 86.7 Å². The highest BCUT2D eigenvalue weighted by molar-refractivity contribution is 6.06. The van der Waals surface area contributed by atoms with Crippen LogP contribution >= 0.6 is 0 Å². The summed E-state index contributed by atoms with van der Waals surface area (Å²) in [5, 5.41) is 13.7. The number of anilines is 1. The van der Waals surface area contributed by atoms with Gasteiger partial charge in [0.05, 0.1) is 36.6 Å². The van der Waals surface area contributed by atoms with Crippen LogP contribution < -0.4 is 10.2 Å². The molecule has 0 aromatic heterocycles. The molecule has 2 aromatic rings. The highest BCUT2D eigenvalue weighted by atomic mass is 16.5. The lowest BCUT2D eigenvalue weighted by molar-refractivity contribution is -0.146. The normalized spacial score (nSPS) is 30.4. The van der Waals surface area contributed by atoms with Crippen molar-refractivity contribution in [3.63, 3.8) is 0 Å². The van der Waals surface area contributed by atoms with E-state index in [2.05, 4.69) is 5.32 Å². The molecule has 4 aliphatic rings. The van der Waals surface area contributed by atoms with E-state index in [1.165, 1.54) is 4.90 Å². The Kier molecular flexibility index (Phi) is 9.58. The van der Waals surface area contributed by atoms with Crippen LogP contribution in [-0.2, 0) is 28.7 Å². The van der Waals surface area contributed by atoms with E-state index in [0.29, 0.717) is 12.8 Å². The van der Waals surface area contributed by atoms with Gasteiger partial charge >= 0.3 is 5.97 Å². The first-order chi connectivity index (χ1) is 23.1. The molecule has 2 saturated heterocycles. The highest BCUT2D eigenvalue weighted by Gasteiger charge is 2.74. The number of para-hydroxylation sites is 1. The van der Waals surface area contributed by atoms with Gasteiger partial charge in [0.15, 0.2) is 0 Å². The number of rotatable bonds is 6. The van der Waals surface area contributed by atoms with Gasteiger partial charge in [-0.05, 0) is 49.3 Å². The minimum Gasteiger partial charge on any atom is -0.463 e. The van der Waals surface area contributed by atoms with Gasteiger partial charge < -0.3 is 29.7 Å². The molecule has 0 saturated carbocycles.